The molecule has 0 aliphatic carbocycles. The summed E-state index contributed by atoms with van der Waals surface area (Å²) in [7, 11) is 0. The van der Waals surface area contributed by atoms with Crippen LogP contribution in [0.25, 0.3) is 5.70 Å². The zero-order valence-corrected chi connectivity index (χ0v) is 12.0. The third-order valence-corrected chi connectivity index (χ3v) is 3.45. The molecule has 1 aliphatic heterocycles. The molecule has 1 aromatic heterocycles. The monoisotopic (exact) mass is 290 g/mol. The molecule has 0 saturated carbocycles. The number of pyridine rings is 1. The number of thiocarbonyl (C=S) groups is 1. The Morgan fingerprint density at radius 2 is 2.21 bits per heavy atom. The molecular formula is C13H14N4S2. The minimum absolute atomic E-state index is 0.671. The maximum Gasteiger partial charge on any atom is 0.152 e. The third-order valence-electron chi connectivity index (χ3n) is 2.37. The minimum atomic E-state index is 0.671. The molecule has 2 heterocycles. The molecule has 2 rings (SSSR count). The van der Waals surface area contributed by atoms with Crippen molar-refractivity contribution in [3.8, 4) is 0 Å². The number of nitrogens with one attached hydrogen (secondary N) is 3. The van der Waals surface area contributed by atoms with Crippen molar-refractivity contribution in [2.24, 2.45) is 0 Å². The fraction of sp³-hybridized carbons (Fsp3) is 0.0769. The molecule has 0 unspecified atom stereocenters. The van der Waals surface area contributed by atoms with Gasteiger partial charge in [0.2, 0.25) is 0 Å². The SMILES string of the molecule is CSC(=S)NNC(=C1C=CC=CN1)c1ccccn1. The highest BCUT2D eigenvalue weighted by Gasteiger charge is 2.09. The summed E-state index contributed by atoms with van der Waals surface area (Å²) in [6.45, 7) is 0. The first-order valence-corrected chi connectivity index (χ1v) is 7.30. The van der Waals surface area contributed by atoms with E-state index in [1.807, 2.05) is 48.9 Å². The number of aromatic nitrogens is 1. The normalized spacial score (nSPS) is 15.6. The van der Waals surface area contributed by atoms with Gasteiger partial charge in [-0.25, -0.2) is 0 Å². The zero-order valence-electron chi connectivity index (χ0n) is 10.4. The summed E-state index contributed by atoms with van der Waals surface area (Å²) >= 11 is 6.59. The molecule has 4 nitrogen and oxygen atoms in total. The number of hydrogen-bond acceptors (Lipinski definition) is 5. The molecule has 0 spiro atoms. The number of hydrazine groups is 1. The van der Waals surface area contributed by atoms with Gasteiger partial charge in [0.1, 0.15) is 5.70 Å². The lowest BCUT2D eigenvalue weighted by molar-refractivity contribution is 0.840. The molecule has 0 atom stereocenters. The lowest BCUT2D eigenvalue weighted by atomic mass is 10.2. The molecular weight excluding hydrogens is 276 g/mol. The first-order valence-electron chi connectivity index (χ1n) is 5.66. The Balaban J connectivity index is 2.26. The van der Waals surface area contributed by atoms with Crippen LogP contribution in [0.15, 0.2) is 54.5 Å². The van der Waals surface area contributed by atoms with Crippen molar-refractivity contribution < 1.29 is 0 Å². The summed E-state index contributed by atoms with van der Waals surface area (Å²) in [6.07, 6.45) is 11.4. The van der Waals surface area contributed by atoms with E-state index in [0.29, 0.717) is 4.32 Å². The largest absolute Gasteiger partial charge is 0.360 e. The molecule has 0 radical (unpaired) electrons. The Labute approximate surface area is 122 Å². The summed E-state index contributed by atoms with van der Waals surface area (Å²) in [5, 5.41) is 3.18. The van der Waals surface area contributed by atoms with Crippen LogP contribution in [-0.2, 0) is 0 Å². The van der Waals surface area contributed by atoms with E-state index in [-0.39, 0.29) is 0 Å². The van der Waals surface area contributed by atoms with Crippen LogP contribution >= 0.6 is 24.0 Å². The van der Waals surface area contributed by atoms with Crippen molar-refractivity contribution >= 4 is 34.0 Å². The first kappa shape index (κ1) is 13.6. The van der Waals surface area contributed by atoms with E-state index in [1.54, 1.807) is 6.20 Å². The fourth-order valence-electron chi connectivity index (χ4n) is 1.49. The summed E-state index contributed by atoms with van der Waals surface area (Å²) < 4.78 is 0.671. The van der Waals surface area contributed by atoms with Crippen molar-refractivity contribution in [3.05, 3.63) is 60.2 Å². The van der Waals surface area contributed by atoms with Gasteiger partial charge >= 0.3 is 0 Å². The molecule has 19 heavy (non-hydrogen) atoms. The Morgan fingerprint density at radius 1 is 1.32 bits per heavy atom. The second kappa shape index (κ2) is 6.96. The predicted octanol–water partition coefficient (Wildman–Crippen LogP) is 2.17. The van der Waals surface area contributed by atoms with Gasteiger partial charge in [-0.3, -0.25) is 15.8 Å². The smallest absolute Gasteiger partial charge is 0.152 e. The van der Waals surface area contributed by atoms with E-state index in [2.05, 4.69) is 21.2 Å². The Hall–Kier alpha value is -1.79. The minimum Gasteiger partial charge on any atom is -0.360 e. The second-order valence-electron chi connectivity index (χ2n) is 3.61. The van der Waals surface area contributed by atoms with E-state index >= 15 is 0 Å². The highest BCUT2D eigenvalue weighted by Crippen LogP contribution is 2.14. The second-order valence-corrected chi connectivity index (χ2v) is 5.09. The zero-order chi connectivity index (χ0) is 13.5. The summed E-state index contributed by atoms with van der Waals surface area (Å²) in [4.78, 5) is 4.35. The lowest BCUT2D eigenvalue weighted by Gasteiger charge is -2.17. The van der Waals surface area contributed by atoms with E-state index in [4.69, 9.17) is 12.2 Å². The Bertz CT molecular complexity index is 535. The van der Waals surface area contributed by atoms with Crippen molar-refractivity contribution in [2.45, 2.75) is 0 Å². The number of hydrogen-bond donors (Lipinski definition) is 3. The summed E-state index contributed by atoms with van der Waals surface area (Å²) in [5.74, 6) is 0. The van der Waals surface area contributed by atoms with Crippen molar-refractivity contribution in [1.29, 1.82) is 0 Å². The fourth-order valence-corrected chi connectivity index (χ4v) is 1.70. The van der Waals surface area contributed by atoms with Crippen LogP contribution in [0.1, 0.15) is 5.69 Å². The number of nitrogens with zero attached hydrogens (tertiary/aromatic N) is 1. The van der Waals surface area contributed by atoms with Crippen LogP contribution in [0.5, 0.6) is 0 Å². The Kier molecular flexibility index (Phi) is 5.00. The van der Waals surface area contributed by atoms with Gasteiger partial charge < -0.3 is 5.32 Å². The van der Waals surface area contributed by atoms with Crippen LogP contribution in [0.2, 0.25) is 0 Å². The van der Waals surface area contributed by atoms with Gasteiger partial charge in [-0.2, -0.15) is 0 Å². The van der Waals surface area contributed by atoms with Crippen LogP contribution < -0.4 is 16.2 Å². The quantitative estimate of drug-likeness (QED) is 0.586. The predicted molar refractivity (Wildman–Crippen MR) is 85.0 cm³/mol. The average molecular weight is 290 g/mol. The van der Waals surface area contributed by atoms with Gasteiger partial charge in [-0.05, 0) is 30.5 Å². The highest BCUT2D eigenvalue weighted by atomic mass is 32.2. The molecule has 6 heteroatoms. The van der Waals surface area contributed by atoms with Crippen LogP contribution in [-0.4, -0.2) is 15.6 Å². The van der Waals surface area contributed by atoms with Gasteiger partial charge in [0.25, 0.3) is 0 Å². The van der Waals surface area contributed by atoms with Crippen LogP contribution in [0.4, 0.5) is 0 Å². The van der Waals surface area contributed by atoms with Crippen LogP contribution in [0.3, 0.4) is 0 Å². The van der Waals surface area contributed by atoms with Crippen molar-refractivity contribution in [1.82, 2.24) is 21.2 Å². The van der Waals surface area contributed by atoms with Crippen molar-refractivity contribution in [2.75, 3.05) is 6.26 Å². The molecule has 0 saturated heterocycles. The highest BCUT2D eigenvalue weighted by molar-refractivity contribution is 8.22. The van der Waals surface area contributed by atoms with E-state index in [0.717, 1.165) is 17.1 Å². The maximum absolute atomic E-state index is 5.12. The number of thioether (sulfide) groups is 1. The topological polar surface area (TPSA) is 49.0 Å². The number of dihydropyridines is 1. The molecule has 0 amide bonds. The molecule has 3 N–H and O–H groups in total. The molecule has 1 aromatic rings. The summed E-state index contributed by atoms with van der Waals surface area (Å²) in [6, 6.07) is 5.77. The molecule has 0 fully saturated rings. The maximum atomic E-state index is 5.12. The molecule has 98 valence electrons. The molecule has 1 aliphatic rings. The van der Waals surface area contributed by atoms with Gasteiger partial charge in [0, 0.05) is 12.4 Å². The van der Waals surface area contributed by atoms with Gasteiger partial charge in [0.15, 0.2) is 4.32 Å². The molecule has 0 aromatic carbocycles. The van der Waals surface area contributed by atoms with Gasteiger partial charge in [-0.15, -0.1) is 0 Å². The molecule has 0 bridgehead atoms. The number of allylic oxidation sites excluding steroid dienone is 3. The summed E-state index contributed by atoms with van der Waals surface area (Å²) in [5.41, 5.74) is 8.70. The first-order chi connectivity index (χ1) is 9.31. The van der Waals surface area contributed by atoms with E-state index in [1.165, 1.54) is 11.8 Å². The van der Waals surface area contributed by atoms with E-state index in [9.17, 15) is 0 Å². The van der Waals surface area contributed by atoms with Gasteiger partial charge in [-0.1, -0.05) is 36.1 Å². The third kappa shape index (κ3) is 3.84. The Morgan fingerprint density at radius 3 is 2.84 bits per heavy atom. The van der Waals surface area contributed by atoms with E-state index < -0.39 is 0 Å². The standard InChI is InChI=1S/C13H14N4S2/c1-19-13(18)17-16-12(10-6-2-4-8-14-10)11-7-3-5-9-15-11/h2-9,14,16H,1H3,(H,17,18). The van der Waals surface area contributed by atoms with Gasteiger partial charge in [0.05, 0.1) is 11.4 Å². The lowest BCUT2D eigenvalue weighted by Crippen LogP contribution is -2.35. The van der Waals surface area contributed by atoms with Crippen LogP contribution in [0, 0.1) is 0 Å². The van der Waals surface area contributed by atoms with Crippen molar-refractivity contribution in [3.63, 3.8) is 0 Å². The average Bonchev–Trinajstić information content (AvgIpc) is 2.49. The number of rotatable bonds is 3.